The molecule has 1 aromatic rings. The standard InChI is InChI=1S/C18H23F3N4O3/c1-11-6-7-12(16(27)24(2)3)9-13(11)23-17(28)25-8-4-5-14(25)15(26)22-10-18(19,20)21/h6-7,9,14H,4-5,8,10H2,1-3H3,(H,22,26)(H,23,28). The van der Waals surface area contributed by atoms with E-state index >= 15 is 0 Å². The van der Waals surface area contributed by atoms with Gasteiger partial charge in [0.05, 0.1) is 0 Å². The molecule has 0 aromatic heterocycles. The molecule has 2 rings (SSSR count). The summed E-state index contributed by atoms with van der Waals surface area (Å²) in [5.41, 5.74) is 1.49. The van der Waals surface area contributed by atoms with E-state index in [0.717, 1.165) is 0 Å². The summed E-state index contributed by atoms with van der Waals surface area (Å²) >= 11 is 0. The third-order valence-electron chi connectivity index (χ3n) is 4.41. The number of nitrogens with one attached hydrogen (secondary N) is 2. The Labute approximate surface area is 160 Å². The molecule has 4 amide bonds. The monoisotopic (exact) mass is 400 g/mol. The number of anilines is 1. The second-order valence-corrected chi connectivity index (χ2v) is 6.84. The van der Waals surface area contributed by atoms with E-state index in [1.54, 1.807) is 33.2 Å². The lowest BCUT2D eigenvalue weighted by atomic mass is 10.1. The van der Waals surface area contributed by atoms with Gasteiger partial charge in [-0.2, -0.15) is 13.2 Å². The van der Waals surface area contributed by atoms with Gasteiger partial charge in [0.15, 0.2) is 0 Å². The minimum Gasteiger partial charge on any atom is -0.345 e. The number of aryl methyl sites for hydroxylation is 1. The molecule has 1 aliphatic rings. The van der Waals surface area contributed by atoms with E-state index in [9.17, 15) is 27.6 Å². The lowest BCUT2D eigenvalue weighted by molar-refractivity contribution is -0.140. The first-order chi connectivity index (χ1) is 13.0. The molecule has 0 bridgehead atoms. The number of nitrogens with zero attached hydrogens (tertiary/aromatic N) is 2. The Bertz CT molecular complexity index is 765. The molecule has 0 aliphatic carbocycles. The van der Waals surface area contributed by atoms with Crippen LogP contribution in [0, 0.1) is 6.92 Å². The van der Waals surface area contributed by atoms with Crippen molar-refractivity contribution in [2.24, 2.45) is 0 Å². The molecule has 28 heavy (non-hydrogen) atoms. The molecular formula is C18H23F3N4O3. The van der Waals surface area contributed by atoms with Crippen molar-refractivity contribution in [2.75, 3.05) is 32.5 Å². The molecular weight excluding hydrogens is 377 g/mol. The summed E-state index contributed by atoms with van der Waals surface area (Å²) < 4.78 is 36.9. The lowest BCUT2D eigenvalue weighted by Gasteiger charge is -2.25. The van der Waals surface area contributed by atoms with Crippen molar-refractivity contribution in [2.45, 2.75) is 32.0 Å². The molecule has 1 aliphatic heterocycles. The van der Waals surface area contributed by atoms with Gasteiger partial charge in [0.2, 0.25) is 5.91 Å². The number of carbonyl (C=O) groups excluding carboxylic acids is 3. The fourth-order valence-corrected chi connectivity index (χ4v) is 2.92. The minimum atomic E-state index is -4.52. The van der Waals surface area contributed by atoms with Gasteiger partial charge in [0, 0.05) is 31.9 Å². The fourth-order valence-electron chi connectivity index (χ4n) is 2.92. The second-order valence-electron chi connectivity index (χ2n) is 6.84. The molecule has 0 saturated carbocycles. The van der Waals surface area contributed by atoms with E-state index in [4.69, 9.17) is 0 Å². The van der Waals surface area contributed by atoms with E-state index in [0.29, 0.717) is 23.2 Å². The smallest absolute Gasteiger partial charge is 0.345 e. The quantitative estimate of drug-likeness (QED) is 0.814. The zero-order chi connectivity index (χ0) is 21.1. The third-order valence-corrected chi connectivity index (χ3v) is 4.41. The summed E-state index contributed by atoms with van der Waals surface area (Å²) in [6.07, 6.45) is -3.72. The Morgan fingerprint density at radius 3 is 2.54 bits per heavy atom. The number of benzene rings is 1. The molecule has 1 fully saturated rings. The van der Waals surface area contributed by atoms with Crippen LogP contribution in [-0.2, 0) is 4.79 Å². The average molecular weight is 400 g/mol. The maximum atomic E-state index is 12.6. The maximum absolute atomic E-state index is 12.6. The van der Waals surface area contributed by atoms with Gasteiger partial charge < -0.3 is 20.4 Å². The predicted molar refractivity (Wildman–Crippen MR) is 97.0 cm³/mol. The highest BCUT2D eigenvalue weighted by molar-refractivity contribution is 5.98. The molecule has 10 heteroatoms. The molecule has 1 unspecified atom stereocenters. The highest BCUT2D eigenvalue weighted by atomic mass is 19.4. The highest BCUT2D eigenvalue weighted by Crippen LogP contribution is 2.22. The number of amides is 4. The molecule has 0 radical (unpaired) electrons. The molecule has 1 atom stereocenters. The van der Waals surface area contributed by atoms with Crippen LogP contribution in [0.2, 0.25) is 0 Å². The Kier molecular flexibility index (Phi) is 6.52. The molecule has 7 nitrogen and oxygen atoms in total. The van der Waals surface area contributed by atoms with Crippen LogP contribution in [0.15, 0.2) is 18.2 Å². The van der Waals surface area contributed by atoms with Crippen LogP contribution < -0.4 is 10.6 Å². The van der Waals surface area contributed by atoms with E-state index < -0.39 is 30.7 Å². The van der Waals surface area contributed by atoms with Crippen LogP contribution in [0.3, 0.4) is 0 Å². The first-order valence-electron chi connectivity index (χ1n) is 8.74. The van der Waals surface area contributed by atoms with Crippen LogP contribution in [0.1, 0.15) is 28.8 Å². The second kappa shape index (κ2) is 8.49. The van der Waals surface area contributed by atoms with E-state index in [-0.39, 0.29) is 18.9 Å². The molecule has 2 N–H and O–H groups in total. The Morgan fingerprint density at radius 2 is 1.93 bits per heavy atom. The van der Waals surface area contributed by atoms with Gasteiger partial charge in [0.25, 0.3) is 5.91 Å². The number of carbonyl (C=O) groups is 3. The zero-order valence-electron chi connectivity index (χ0n) is 15.9. The molecule has 154 valence electrons. The van der Waals surface area contributed by atoms with Gasteiger partial charge >= 0.3 is 12.2 Å². The van der Waals surface area contributed by atoms with Gasteiger partial charge in [-0.3, -0.25) is 9.59 Å². The van der Waals surface area contributed by atoms with E-state index in [2.05, 4.69) is 5.32 Å². The number of likely N-dealkylation sites (tertiary alicyclic amines) is 1. The minimum absolute atomic E-state index is 0.235. The summed E-state index contributed by atoms with van der Waals surface area (Å²) in [6.45, 7) is 0.563. The third kappa shape index (κ3) is 5.37. The van der Waals surface area contributed by atoms with Gasteiger partial charge in [-0.25, -0.2) is 4.79 Å². The normalized spacial score (nSPS) is 16.6. The zero-order valence-corrected chi connectivity index (χ0v) is 15.9. The van der Waals surface area contributed by atoms with Gasteiger partial charge in [-0.1, -0.05) is 6.07 Å². The van der Waals surface area contributed by atoms with Crippen molar-refractivity contribution in [3.63, 3.8) is 0 Å². The van der Waals surface area contributed by atoms with Crippen LogP contribution in [0.4, 0.5) is 23.7 Å². The number of rotatable bonds is 4. The summed E-state index contributed by atoms with van der Waals surface area (Å²) in [6, 6.07) is 3.29. The fraction of sp³-hybridized carbons (Fsp3) is 0.500. The van der Waals surface area contributed by atoms with Gasteiger partial charge in [-0.05, 0) is 37.5 Å². The Hall–Kier alpha value is -2.78. The number of halogens is 3. The molecule has 0 spiro atoms. The van der Waals surface area contributed by atoms with Crippen molar-refractivity contribution in [3.05, 3.63) is 29.3 Å². The Morgan fingerprint density at radius 1 is 1.25 bits per heavy atom. The lowest BCUT2D eigenvalue weighted by Crippen LogP contribution is -2.49. The van der Waals surface area contributed by atoms with Crippen LogP contribution in [0.25, 0.3) is 0 Å². The van der Waals surface area contributed by atoms with Crippen molar-refractivity contribution < 1.29 is 27.6 Å². The first kappa shape index (κ1) is 21.5. The maximum Gasteiger partial charge on any atom is 0.405 e. The van der Waals surface area contributed by atoms with Crippen molar-refractivity contribution in [1.29, 1.82) is 0 Å². The summed E-state index contributed by atoms with van der Waals surface area (Å²) in [5, 5.41) is 4.48. The van der Waals surface area contributed by atoms with Crippen molar-refractivity contribution >= 4 is 23.5 Å². The number of hydrogen-bond acceptors (Lipinski definition) is 3. The highest BCUT2D eigenvalue weighted by Gasteiger charge is 2.36. The molecule has 1 heterocycles. The van der Waals surface area contributed by atoms with Gasteiger partial charge in [-0.15, -0.1) is 0 Å². The van der Waals surface area contributed by atoms with E-state index in [1.807, 2.05) is 5.32 Å². The Balaban J connectivity index is 2.10. The summed E-state index contributed by atoms with van der Waals surface area (Å²) in [5.74, 6) is -1.07. The van der Waals surface area contributed by atoms with Crippen molar-refractivity contribution in [3.8, 4) is 0 Å². The topological polar surface area (TPSA) is 81.8 Å². The number of alkyl halides is 3. The van der Waals surface area contributed by atoms with Crippen molar-refractivity contribution in [1.82, 2.24) is 15.1 Å². The first-order valence-corrected chi connectivity index (χ1v) is 8.74. The van der Waals surface area contributed by atoms with Crippen LogP contribution in [0.5, 0.6) is 0 Å². The van der Waals surface area contributed by atoms with E-state index in [1.165, 1.54) is 15.9 Å². The molecule has 1 aromatic carbocycles. The van der Waals surface area contributed by atoms with Gasteiger partial charge in [0.1, 0.15) is 12.6 Å². The summed E-state index contributed by atoms with van der Waals surface area (Å²) in [7, 11) is 3.21. The van der Waals surface area contributed by atoms with Crippen LogP contribution in [-0.4, -0.2) is 67.0 Å². The molecule has 1 saturated heterocycles. The number of urea groups is 1. The average Bonchev–Trinajstić information content (AvgIpc) is 3.10. The summed E-state index contributed by atoms with van der Waals surface area (Å²) in [4.78, 5) is 39.4. The van der Waals surface area contributed by atoms with Crippen LogP contribution >= 0.6 is 0 Å². The predicted octanol–water partition coefficient (Wildman–Crippen LogP) is 2.37. The number of hydrogen-bond donors (Lipinski definition) is 2. The largest absolute Gasteiger partial charge is 0.405 e. The SMILES string of the molecule is Cc1ccc(C(=O)N(C)C)cc1NC(=O)N1CCCC1C(=O)NCC(F)(F)F.